The Morgan fingerprint density at radius 1 is 1.53 bits per heavy atom. The predicted octanol–water partition coefficient (Wildman–Crippen LogP) is 2.53. The van der Waals surface area contributed by atoms with Crippen molar-refractivity contribution in [2.45, 2.75) is 37.5 Å². The smallest absolute Gasteiger partial charge is 0.270 e. The summed E-state index contributed by atoms with van der Waals surface area (Å²) in [7, 11) is 0. The summed E-state index contributed by atoms with van der Waals surface area (Å²) in [4.78, 5) is 16.3. The van der Waals surface area contributed by atoms with Gasteiger partial charge < -0.3 is 10.6 Å². The zero-order valence-electron chi connectivity index (χ0n) is 11.5. The third-order valence-electron chi connectivity index (χ3n) is 3.43. The molecule has 1 saturated carbocycles. The molecule has 1 aromatic rings. The van der Waals surface area contributed by atoms with Crippen molar-refractivity contribution in [1.29, 1.82) is 0 Å². The number of anilines is 1. The number of aromatic nitrogens is 1. The third-order valence-corrected chi connectivity index (χ3v) is 4.52. The summed E-state index contributed by atoms with van der Waals surface area (Å²) >= 11 is 1.89. The number of rotatable bonds is 5. The van der Waals surface area contributed by atoms with Gasteiger partial charge in [-0.15, -0.1) is 0 Å². The Bertz CT molecular complexity index is 438. The van der Waals surface area contributed by atoms with Crippen LogP contribution >= 0.6 is 11.8 Å². The maximum Gasteiger partial charge on any atom is 0.270 e. The van der Waals surface area contributed by atoms with Gasteiger partial charge in [-0.2, -0.15) is 11.8 Å². The number of carbonyl (C=O) groups excluding carboxylic acids is 1. The van der Waals surface area contributed by atoms with E-state index < -0.39 is 0 Å². The standard InChI is InChI=1S/C14H21N3OS/c1-3-15-10-6-7-16-13(9-10)14(18)17-11-4-5-12(8-11)19-2/h6-7,9,11-12H,3-5,8H2,1-2H3,(H,15,16)(H,17,18). The van der Waals surface area contributed by atoms with E-state index in [2.05, 4.69) is 21.9 Å². The van der Waals surface area contributed by atoms with Crippen LogP contribution < -0.4 is 10.6 Å². The molecule has 104 valence electrons. The highest BCUT2D eigenvalue weighted by atomic mass is 32.2. The fraction of sp³-hybridized carbons (Fsp3) is 0.571. The van der Waals surface area contributed by atoms with E-state index in [1.165, 1.54) is 6.42 Å². The summed E-state index contributed by atoms with van der Waals surface area (Å²) in [6.45, 7) is 2.87. The lowest BCUT2D eigenvalue weighted by molar-refractivity contribution is 0.0933. The van der Waals surface area contributed by atoms with Gasteiger partial charge >= 0.3 is 0 Å². The number of pyridine rings is 1. The van der Waals surface area contributed by atoms with Gasteiger partial charge in [0.15, 0.2) is 0 Å². The Kier molecular flexibility index (Phi) is 5.07. The van der Waals surface area contributed by atoms with E-state index in [4.69, 9.17) is 0 Å². The normalized spacial score (nSPS) is 22.2. The van der Waals surface area contributed by atoms with Gasteiger partial charge in [-0.3, -0.25) is 9.78 Å². The first-order chi connectivity index (χ1) is 9.22. The first-order valence-corrected chi connectivity index (χ1v) is 8.05. The number of thioether (sulfide) groups is 1. The number of amides is 1. The van der Waals surface area contributed by atoms with E-state index in [1.54, 1.807) is 12.3 Å². The van der Waals surface area contributed by atoms with Crippen LogP contribution in [-0.4, -0.2) is 35.0 Å². The van der Waals surface area contributed by atoms with Crippen molar-refractivity contribution >= 4 is 23.4 Å². The van der Waals surface area contributed by atoms with E-state index in [0.717, 1.165) is 25.1 Å². The Balaban J connectivity index is 1.94. The van der Waals surface area contributed by atoms with Crippen molar-refractivity contribution < 1.29 is 4.79 Å². The van der Waals surface area contributed by atoms with Crippen LogP contribution in [0.2, 0.25) is 0 Å². The maximum absolute atomic E-state index is 12.1. The summed E-state index contributed by atoms with van der Waals surface area (Å²) in [6, 6.07) is 3.98. The van der Waals surface area contributed by atoms with Crippen LogP contribution in [-0.2, 0) is 0 Å². The van der Waals surface area contributed by atoms with Crippen LogP contribution in [0.15, 0.2) is 18.3 Å². The average Bonchev–Trinajstić information content (AvgIpc) is 2.87. The fourth-order valence-electron chi connectivity index (χ4n) is 2.41. The van der Waals surface area contributed by atoms with Crippen molar-refractivity contribution in [3.8, 4) is 0 Å². The highest BCUT2D eigenvalue weighted by Gasteiger charge is 2.25. The molecule has 0 aliphatic heterocycles. The molecule has 2 atom stereocenters. The Labute approximate surface area is 118 Å². The van der Waals surface area contributed by atoms with E-state index in [-0.39, 0.29) is 5.91 Å². The number of hydrogen-bond donors (Lipinski definition) is 2. The van der Waals surface area contributed by atoms with Crippen LogP contribution in [0.25, 0.3) is 0 Å². The molecule has 1 aliphatic carbocycles. The van der Waals surface area contributed by atoms with Crippen LogP contribution in [0.4, 0.5) is 5.69 Å². The Hall–Kier alpha value is -1.23. The summed E-state index contributed by atoms with van der Waals surface area (Å²) in [5.41, 5.74) is 1.43. The maximum atomic E-state index is 12.1. The minimum Gasteiger partial charge on any atom is -0.385 e. The molecule has 0 aromatic carbocycles. The molecular formula is C14H21N3OS. The molecule has 1 aliphatic rings. The van der Waals surface area contributed by atoms with Crippen molar-refractivity contribution in [2.24, 2.45) is 0 Å². The van der Waals surface area contributed by atoms with Crippen LogP contribution in [0.5, 0.6) is 0 Å². The lowest BCUT2D eigenvalue weighted by Gasteiger charge is -2.13. The number of hydrogen-bond acceptors (Lipinski definition) is 4. The van der Waals surface area contributed by atoms with Gasteiger partial charge in [-0.25, -0.2) is 0 Å². The van der Waals surface area contributed by atoms with Gasteiger partial charge in [0.2, 0.25) is 0 Å². The van der Waals surface area contributed by atoms with Gasteiger partial charge in [-0.05, 0) is 44.6 Å². The Morgan fingerprint density at radius 3 is 3.05 bits per heavy atom. The molecule has 0 bridgehead atoms. The van der Waals surface area contributed by atoms with Crippen molar-refractivity contribution in [1.82, 2.24) is 10.3 Å². The van der Waals surface area contributed by atoms with Gasteiger partial charge in [0.25, 0.3) is 5.91 Å². The lowest BCUT2D eigenvalue weighted by Crippen LogP contribution is -2.33. The zero-order valence-corrected chi connectivity index (χ0v) is 12.3. The molecule has 1 heterocycles. The molecule has 0 saturated heterocycles. The molecule has 0 spiro atoms. The summed E-state index contributed by atoms with van der Waals surface area (Å²) in [5.74, 6) is -0.0634. The molecule has 2 unspecified atom stereocenters. The predicted molar refractivity (Wildman–Crippen MR) is 80.8 cm³/mol. The molecule has 19 heavy (non-hydrogen) atoms. The first kappa shape index (κ1) is 14.2. The topological polar surface area (TPSA) is 54.0 Å². The summed E-state index contributed by atoms with van der Waals surface area (Å²) in [5, 5.41) is 6.96. The van der Waals surface area contributed by atoms with Crippen molar-refractivity contribution in [2.75, 3.05) is 18.1 Å². The molecule has 1 amide bonds. The van der Waals surface area contributed by atoms with Gasteiger partial charge in [0.1, 0.15) is 5.69 Å². The lowest BCUT2D eigenvalue weighted by atomic mass is 10.2. The summed E-state index contributed by atoms with van der Waals surface area (Å²) in [6.07, 6.45) is 7.14. The monoisotopic (exact) mass is 279 g/mol. The number of nitrogens with zero attached hydrogens (tertiary/aromatic N) is 1. The molecule has 4 nitrogen and oxygen atoms in total. The highest BCUT2D eigenvalue weighted by molar-refractivity contribution is 7.99. The van der Waals surface area contributed by atoms with E-state index in [9.17, 15) is 4.79 Å². The van der Waals surface area contributed by atoms with E-state index in [0.29, 0.717) is 17.0 Å². The van der Waals surface area contributed by atoms with Crippen molar-refractivity contribution in [3.05, 3.63) is 24.0 Å². The molecule has 0 radical (unpaired) electrons. The molecule has 2 rings (SSSR count). The summed E-state index contributed by atoms with van der Waals surface area (Å²) < 4.78 is 0. The Morgan fingerprint density at radius 2 is 2.37 bits per heavy atom. The molecule has 2 N–H and O–H groups in total. The molecule has 5 heteroatoms. The fourth-order valence-corrected chi connectivity index (χ4v) is 3.21. The van der Waals surface area contributed by atoms with Crippen molar-refractivity contribution in [3.63, 3.8) is 0 Å². The van der Waals surface area contributed by atoms with Gasteiger partial charge in [0.05, 0.1) is 0 Å². The average molecular weight is 279 g/mol. The quantitative estimate of drug-likeness (QED) is 0.869. The minimum absolute atomic E-state index is 0.0634. The highest BCUT2D eigenvalue weighted by Crippen LogP contribution is 2.28. The number of carbonyl (C=O) groups is 1. The second-order valence-corrected chi connectivity index (χ2v) is 5.94. The largest absolute Gasteiger partial charge is 0.385 e. The zero-order chi connectivity index (χ0) is 13.7. The SMILES string of the molecule is CCNc1ccnc(C(=O)NC2CCC(SC)C2)c1. The van der Waals surface area contributed by atoms with E-state index >= 15 is 0 Å². The molecule has 1 fully saturated rings. The third kappa shape index (κ3) is 3.86. The van der Waals surface area contributed by atoms with Gasteiger partial charge in [-0.1, -0.05) is 0 Å². The van der Waals surface area contributed by atoms with Crippen LogP contribution in [0.3, 0.4) is 0 Å². The number of nitrogens with one attached hydrogen (secondary N) is 2. The second-order valence-electron chi connectivity index (χ2n) is 4.80. The van der Waals surface area contributed by atoms with Crippen LogP contribution in [0.1, 0.15) is 36.7 Å². The first-order valence-electron chi connectivity index (χ1n) is 6.76. The second kappa shape index (κ2) is 6.80. The van der Waals surface area contributed by atoms with Crippen LogP contribution in [0, 0.1) is 0 Å². The molecule has 1 aromatic heterocycles. The minimum atomic E-state index is -0.0634. The van der Waals surface area contributed by atoms with Gasteiger partial charge in [0, 0.05) is 29.7 Å². The van der Waals surface area contributed by atoms with E-state index in [1.807, 2.05) is 24.8 Å². The molecular weight excluding hydrogens is 258 g/mol.